The maximum absolute atomic E-state index is 13.8. The Morgan fingerprint density at radius 1 is 0.875 bits per heavy atom. The number of rotatable bonds is 4. The van der Waals surface area contributed by atoms with E-state index < -0.39 is 20.7 Å². The van der Waals surface area contributed by atoms with Crippen molar-refractivity contribution in [1.29, 1.82) is 0 Å². The molecular formula is C24H16ClF2NO3S. The minimum absolute atomic E-state index is 0.0647. The van der Waals surface area contributed by atoms with E-state index in [2.05, 4.69) is 4.98 Å². The fourth-order valence-corrected chi connectivity index (χ4v) is 5.20. The molecule has 1 N–H and O–H groups in total. The van der Waals surface area contributed by atoms with Gasteiger partial charge in [0.15, 0.2) is 0 Å². The van der Waals surface area contributed by atoms with E-state index in [9.17, 15) is 22.0 Å². The summed E-state index contributed by atoms with van der Waals surface area (Å²) < 4.78 is 52.4. The first kappa shape index (κ1) is 20.8. The van der Waals surface area contributed by atoms with E-state index in [1.165, 1.54) is 30.3 Å². The first-order valence-electron chi connectivity index (χ1n) is 9.92. The third kappa shape index (κ3) is 3.82. The van der Waals surface area contributed by atoms with Crippen molar-refractivity contribution in [2.24, 2.45) is 0 Å². The minimum Gasteiger partial charge on any atom is -0.322 e. The van der Waals surface area contributed by atoms with Crippen LogP contribution in [0.4, 0.5) is 8.78 Å². The highest BCUT2D eigenvalue weighted by Gasteiger charge is 2.30. The predicted molar refractivity (Wildman–Crippen MR) is 120 cm³/mol. The van der Waals surface area contributed by atoms with Gasteiger partial charge in [-0.2, -0.15) is 0 Å². The molecule has 0 aliphatic heterocycles. The van der Waals surface area contributed by atoms with Gasteiger partial charge in [-0.3, -0.25) is 4.79 Å². The summed E-state index contributed by atoms with van der Waals surface area (Å²) in [5.41, 5.74) is 3.11. The van der Waals surface area contributed by atoms with Crippen LogP contribution in [-0.2, 0) is 9.05 Å². The minimum atomic E-state index is -4.10. The number of pyridine rings is 1. The lowest BCUT2D eigenvalue weighted by molar-refractivity contribution is 0.584. The fourth-order valence-electron chi connectivity index (χ4n) is 4.12. The molecule has 0 amide bonds. The van der Waals surface area contributed by atoms with Gasteiger partial charge in [0.25, 0.3) is 9.05 Å². The van der Waals surface area contributed by atoms with Crippen LogP contribution < -0.4 is 5.56 Å². The SMILES string of the molecule is O=c1ccc2c(-c3ccc(-c4cc(F)cc(F)c4)cc3C3CC3)c(S(=O)(=O)Cl)ccc2[nH]1. The second-order valence-corrected chi connectivity index (χ2v) is 10.4. The van der Waals surface area contributed by atoms with E-state index in [0.29, 0.717) is 33.2 Å². The summed E-state index contributed by atoms with van der Waals surface area (Å²) in [5.74, 6) is -1.16. The Kier molecular flexibility index (Phi) is 4.91. The molecule has 0 radical (unpaired) electrons. The molecule has 4 nitrogen and oxygen atoms in total. The van der Waals surface area contributed by atoms with Crippen LogP contribution in [-0.4, -0.2) is 13.4 Å². The van der Waals surface area contributed by atoms with E-state index in [-0.39, 0.29) is 16.4 Å². The zero-order valence-electron chi connectivity index (χ0n) is 16.5. The lowest BCUT2D eigenvalue weighted by Crippen LogP contribution is -2.05. The average molecular weight is 472 g/mol. The molecule has 0 atom stereocenters. The summed E-state index contributed by atoms with van der Waals surface area (Å²) in [7, 11) is 1.67. The third-order valence-electron chi connectivity index (χ3n) is 5.66. The van der Waals surface area contributed by atoms with Gasteiger partial charge in [-0.05, 0) is 71.3 Å². The third-order valence-corrected chi connectivity index (χ3v) is 7.03. The van der Waals surface area contributed by atoms with E-state index in [0.717, 1.165) is 24.5 Å². The molecule has 5 rings (SSSR count). The molecule has 3 aromatic carbocycles. The molecule has 1 aromatic heterocycles. The fraction of sp³-hybridized carbons (Fsp3) is 0.125. The molecule has 0 unspecified atom stereocenters. The summed E-state index contributed by atoms with van der Waals surface area (Å²) in [6.07, 6.45) is 1.83. The molecule has 8 heteroatoms. The van der Waals surface area contributed by atoms with E-state index in [1.807, 2.05) is 6.07 Å². The number of hydrogen-bond acceptors (Lipinski definition) is 3. The highest BCUT2D eigenvalue weighted by Crippen LogP contribution is 2.48. The summed E-state index contributed by atoms with van der Waals surface area (Å²) >= 11 is 0. The molecule has 0 spiro atoms. The van der Waals surface area contributed by atoms with Gasteiger partial charge in [0.05, 0.1) is 4.90 Å². The lowest BCUT2D eigenvalue weighted by Gasteiger charge is -2.17. The lowest BCUT2D eigenvalue weighted by atomic mass is 9.90. The number of hydrogen-bond donors (Lipinski definition) is 1. The Morgan fingerprint density at radius 2 is 1.59 bits per heavy atom. The van der Waals surface area contributed by atoms with Gasteiger partial charge in [0.1, 0.15) is 11.6 Å². The second kappa shape index (κ2) is 7.53. The Morgan fingerprint density at radius 3 is 2.25 bits per heavy atom. The second-order valence-electron chi connectivity index (χ2n) is 7.89. The van der Waals surface area contributed by atoms with Crippen molar-refractivity contribution in [3.63, 3.8) is 0 Å². The number of fused-ring (bicyclic) bond motifs is 1. The highest BCUT2D eigenvalue weighted by atomic mass is 35.7. The van der Waals surface area contributed by atoms with Gasteiger partial charge in [-0.25, -0.2) is 17.2 Å². The van der Waals surface area contributed by atoms with Gasteiger partial charge in [-0.1, -0.05) is 18.2 Å². The summed E-state index contributed by atoms with van der Waals surface area (Å²) in [4.78, 5) is 14.4. The Balaban J connectivity index is 1.81. The van der Waals surface area contributed by atoms with E-state index >= 15 is 0 Å². The molecule has 0 saturated heterocycles. The van der Waals surface area contributed by atoms with Crippen LogP contribution in [0.25, 0.3) is 33.2 Å². The molecule has 1 aliphatic rings. The van der Waals surface area contributed by atoms with Crippen LogP contribution in [0.1, 0.15) is 24.3 Å². The molecular weight excluding hydrogens is 456 g/mol. The predicted octanol–water partition coefficient (Wildman–Crippen LogP) is 5.95. The van der Waals surface area contributed by atoms with Crippen LogP contribution in [0.3, 0.4) is 0 Å². The normalized spacial score (nSPS) is 14.1. The average Bonchev–Trinajstić information content (AvgIpc) is 3.56. The van der Waals surface area contributed by atoms with Crippen molar-refractivity contribution in [1.82, 2.24) is 4.98 Å². The molecule has 162 valence electrons. The molecule has 1 fully saturated rings. The smallest absolute Gasteiger partial charge is 0.261 e. The monoisotopic (exact) mass is 471 g/mol. The van der Waals surface area contributed by atoms with Crippen molar-refractivity contribution in [2.45, 2.75) is 23.7 Å². The number of aromatic nitrogens is 1. The summed E-state index contributed by atoms with van der Waals surface area (Å²) in [6.45, 7) is 0. The van der Waals surface area contributed by atoms with Gasteiger partial charge < -0.3 is 4.98 Å². The number of halogens is 3. The zero-order valence-corrected chi connectivity index (χ0v) is 18.1. The summed E-state index contributed by atoms with van der Waals surface area (Å²) in [5, 5.41) is 0.540. The number of benzene rings is 3. The van der Waals surface area contributed by atoms with Gasteiger partial charge in [0, 0.05) is 39.3 Å². The van der Waals surface area contributed by atoms with Crippen LogP contribution in [0, 0.1) is 11.6 Å². The van der Waals surface area contributed by atoms with Crippen molar-refractivity contribution in [3.05, 3.63) is 88.2 Å². The molecule has 1 heterocycles. The molecule has 1 saturated carbocycles. The van der Waals surface area contributed by atoms with E-state index in [1.54, 1.807) is 18.2 Å². The van der Waals surface area contributed by atoms with Crippen molar-refractivity contribution < 1.29 is 17.2 Å². The molecule has 32 heavy (non-hydrogen) atoms. The number of aromatic amines is 1. The van der Waals surface area contributed by atoms with E-state index in [4.69, 9.17) is 10.7 Å². The first-order valence-corrected chi connectivity index (χ1v) is 12.2. The van der Waals surface area contributed by atoms with Crippen LogP contribution in [0.2, 0.25) is 0 Å². The van der Waals surface area contributed by atoms with Gasteiger partial charge in [0.2, 0.25) is 5.56 Å². The van der Waals surface area contributed by atoms with Crippen LogP contribution in [0.5, 0.6) is 0 Å². The zero-order chi connectivity index (χ0) is 22.6. The Labute approximate surface area is 186 Å². The number of H-pyrrole nitrogens is 1. The molecule has 4 aromatic rings. The summed E-state index contributed by atoms with van der Waals surface area (Å²) in [6, 6.07) is 14.4. The standard InChI is InChI=1S/C24H16ClF2NO3S/c25-32(30,31)22-7-6-21-19(5-8-23(29)28-21)24(22)18-4-3-14(11-20(18)13-1-2-13)15-9-16(26)12-17(27)10-15/h3-13H,1-2H2,(H,28,29). The van der Waals surface area contributed by atoms with Crippen molar-refractivity contribution in [2.75, 3.05) is 0 Å². The molecule has 0 bridgehead atoms. The van der Waals surface area contributed by atoms with Crippen molar-refractivity contribution >= 4 is 30.6 Å². The van der Waals surface area contributed by atoms with Crippen molar-refractivity contribution in [3.8, 4) is 22.3 Å². The topological polar surface area (TPSA) is 67.0 Å². The number of nitrogens with one attached hydrogen (secondary N) is 1. The highest BCUT2D eigenvalue weighted by molar-refractivity contribution is 8.13. The van der Waals surface area contributed by atoms with Gasteiger partial charge >= 0.3 is 0 Å². The van der Waals surface area contributed by atoms with Crippen LogP contribution >= 0.6 is 10.7 Å². The first-order chi connectivity index (χ1) is 15.2. The largest absolute Gasteiger partial charge is 0.322 e. The maximum atomic E-state index is 13.8. The van der Waals surface area contributed by atoms with Gasteiger partial charge in [-0.15, -0.1) is 0 Å². The Bertz CT molecular complexity index is 1540. The Hall–Kier alpha value is -3.03. The quantitative estimate of drug-likeness (QED) is 0.374. The van der Waals surface area contributed by atoms with Crippen LogP contribution in [0.15, 0.2) is 70.4 Å². The maximum Gasteiger partial charge on any atom is 0.261 e. The molecule has 1 aliphatic carbocycles.